The number of aryl methyl sites for hydroxylation is 1. The molecule has 1 atom stereocenters. The lowest BCUT2D eigenvalue weighted by atomic mass is 9.64. The summed E-state index contributed by atoms with van der Waals surface area (Å²) in [5.74, 6) is 0.0383. The van der Waals surface area contributed by atoms with Crippen LogP contribution in [0.1, 0.15) is 29.7 Å². The van der Waals surface area contributed by atoms with E-state index in [0.717, 1.165) is 22.9 Å². The van der Waals surface area contributed by atoms with Gasteiger partial charge in [0.25, 0.3) is 0 Å². The van der Waals surface area contributed by atoms with Gasteiger partial charge in [-0.2, -0.15) is 0 Å². The average molecular weight is 466 g/mol. The third-order valence-electron chi connectivity index (χ3n) is 4.42. The SMILES string of the molecule is Cc1cccc2c1OB(O)[C@@H](CC(=O)/C(=N\OCCCBr)c1csc(N)n1)C2. The Morgan fingerprint density at radius 3 is 3.11 bits per heavy atom. The van der Waals surface area contributed by atoms with Gasteiger partial charge in [0, 0.05) is 22.9 Å². The van der Waals surface area contributed by atoms with Crippen LogP contribution >= 0.6 is 27.3 Å². The normalized spacial score (nSPS) is 16.5. The van der Waals surface area contributed by atoms with Crippen LogP contribution < -0.4 is 10.4 Å². The van der Waals surface area contributed by atoms with Crippen LogP contribution in [0.5, 0.6) is 5.75 Å². The van der Waals surface area contributed by atoms with E-state index in [0.29, 0.717) is 29.6 Å². The number of aromatic nitrogens is 1. The van der Waals surface area contributed by atoms with Crippen molar-refractivity contribution in [2.24, 2.45) is 5.16 Å². The van der Waals surface area contributed by atoms with Crippen LogP contribution in [0.25, 0.3) is 0 Å². The maximum Gasteiger partial charge on any atom is 0.526 e. The van der Waals surface area contributed by atoms with E-state index in [1.165, 1.54) is 11.3 Å². The van der Waals surface area contributed by atoms with Crippen LogP contribution in [0.2, 0.25) is 5.82 Å². The fraction of sp³-hybridized carbons (Fsp3) is 0.389. The third-order valence-corrected chi connectivity index (χ3v) is 5.65. The number of nitrogen functional groups attached to an aromatic ring is 1. The lowest BCUT2D eigenvalue weighted by Gasteiger charge is -2.28. The summed E-state index contributed by atoms with van der Waals surface area (Å²) in [4.78, 5) is 22.4. The fourth-order valence-electron chi connectivity index (χ4n) is 3.02. The maximum atomic E-state index is 12.9. The molecule has 148 valence electrons. The van der Waals surface area contributed by atoms with E-state index < -0.39 is 7.12 Å². The zero-order chi connectivity index (χ0) is 20.1. The molecule has 28 heavy (non-hydrogen) atoms. The number of benzene rings is 1. The number of carbonyl (C=O) groups is 1. The quantitative estimate of drug-likeness (QED) is 0.204. The molecule has 0 bridgehead atoms. The number of thiazole rings is 1. The summed E-state index contributed by atoms with van der Waals surface area (Å²) in [6.45, 7) is 2.31. The fourth-order valence-corrected chi connectivity index (χ4v) is 3.79. The minimum Gasteiger partial charge on any atom is -0.536 e. The highest BCUT2D eigenvalue weighted by Gasteiger charge is 2.37. The number of alkyl halides is 1. The molecule has 2 aromatic rings. The molecule has 0 unspecified atom stereocenters. The number of fused-ring (bicyclic) bond motifs is 1. The average Bonchev–Trinajstić information content (AvgIpc) is 3.09. The Bertz CT molecular complexity index is 876. The second-order valence-electron chi connectivity index (χ2n) is 6.55. The van der Waals surface area contributed by atoms with E-state index in [1.54, 1.807) is 5.38 Å². The number of anilines is 1. The van der Waals surface area contributed by atoms with E-state index in [1.807, 2.05) is 25.1 Å². The second kappa shape index (κ2) is 9.53. The third kappa shape index (κ3) is 4.92. The molecule has 0 saturated carbocycles. The van der Waals surface area contributed by atoms with E-state index in [4.69, 9.17) is 15.2 Å². The molecule has 0 radical (unpaired) electrons. The molecule has 2 heterocycles. The van der Waals surface area contributed by atoms with Gasteiger partial charge in [0.05, 0.1) is 0 Å². The van der Waals surface area contributed by atoms with Gasteiger partial charge in [0.1, 0.15) is 18.1 Å². The molecule has 1 aromatic carbocycles. The number of ketones is 1. The summed E-state index contributed by atoms with van der Waals surface area (Å²) in [6.07, 6.45) is 1.36. The van der Waals surface area contributed by atoms with Crippen LogP contribution in [-0.4, -0.2) is 40.6 Å². The van der Waals surface area contributed by atoms with Crippen molar-refractivity contribution in [3.8, 4) is 5.75 Å². The predicted octanol–water partition coefficient (Wildman–Crippen LogP) is 2.98. The van der Waals surface area contributed by atoms with Crippen LogP contribution in [0.3, 0.4) is 0 Å². The van der Waals surface area contributed by atoms with Crippen LogP contribution in [0, 0.1) is 6.92 Å². The smallest absolute Gasteiger partial charge is 0.526 e. The number of nitrogens with zero attached hydrogens (tertiary/aromatic N) is 2. The monoisotopic (exact) mass is 465 g/mol. The van der Waals surface area contributed by atoms with E-state index >= 15 is 0 Å². The number of oxime groups is 1. The minimum absolute atomic E-state index is 0.0621. The Morgan fingerprint density at radius 2 is 2.39 bits per heavy atom. The van der Waals surface area contributed by atoms with Crippen LogP contribution in [-0.2, 0) is 16.1 Å². The summed E-state index contributed by atoms with van der Waals surface area (Å²) in [7, 11) is -1.06. The Labute approximate surface area is 176 Å². The van der Waals surface area contributed by atoms with E-state index in [9.17, 15) is 9.82 Å². The van der Waals surface area contributed by atoms with Crippen molar-refractivity contribution in [3.63, 3.8) is 0 Å². The molecular weight excluding hydrogens is 445 g/mol. The Kier molecular flexibility index (Phi) is 7.09. The highest BCUT2D eigenvalue weighted by Crippen LogP contribution is 2.36. The Balaban J connectivity index is 1.76. The molecule has 0 saturated heterocycles. The standard InChI is InChI=1S/C18H21BBrN3O4S/c1-11-4-2-5-12-8-13(19(25)27-17(11)12)9-15(24)16(23-26-7-3-6-20)14-10-28-18(21)22-14/h2,4-5,10,13,25H,3,6-9H2,1H3,(H2,21,22)/b23-16-/t13-/m1/s1. The van der Waals surface area contributed by atoms with Gasteiger partial charge >= 0.3 is 7.12 Å². The van der Waals surface area contributed by atoms with Crippen molar-refractivity contribution in [2.75, 3.05) is 17.7 Å². The number of carbonyl (C=O) groups excluding carboxylic acids is 1. The molecule has 0 amide bonds. The summed E-state index contributed by atoms with van der Waals surface area (Å²) >= 11 is 4.55. The van der Waals surface area contributed by atoms with Crippen LogP contribution in [0.15, 0.2) is 28.7 Å². The molecule has 3 N–H and O–H groups in total. The van der Waals surface area contributed by atoms with Gasteiger partial charge < -0.3 is 20.2 Å². The van der Waals surface area contributed by atoms with Gasteiger partial charge in [0.2, 0.25) is 0 Å². The first-order chi connectivity index (χ1) is 13.5. The first-order valence-corrected chi connectivity index (χ1v) is 10.9. The van der Waals surface area contributed by atoms with E-state index in [-0.39, 0.29) is 23.7 Å². The van der Waals surface area contributed by atoms with Gasteiger partial charge in [-0.15, -0.1) is 11.3 Å². The lowest BCUT2D eigenvalue weighted by Crippen LogP contribution is -2.36. The predicted molar refractivity (Wildman–Crippen MR) is 114 cm³/mol. The summed E-state index contributed by atoms with van der Waals surface area (Å²) in [6, 6.07) is 5.82. The largest absolute Gasteiger partial charge is 0.536 e. The van der Waals surface area contributed by atoms with Gasteiger partial charge in [-0.3, -0.25) is 4.79 Å². The summed E-state index contributed by atoms with van der Waals surface area (Å²) in [5.41, 5.74) is 8.14. The highest BCUT2D eigenvalue weighted by atomic mass is 79.9. The molecular formula is C18H21BBrN3O4S. The number of halogens is 1. The molecule has 3 rings (SSSR count). The zero-order valence-electron chi connectivity index (χ0n) is 15.4. The lowest BCUT2D eigenvalue weighted by molar-refractivity contribution is -0.113. The number of rotatable bonds is 8. The number of hydrogen-bond acceptors (Lipinski definition) is 8. The van der Waals surface area contributed by atoms with Gasteiger partial charge in [-0.05, 0) is 30.9 Å². The maximum absolute atomic E-state index is 12.9. The topological polar surface area (TPSA) is 107 Å². The van der Waals surface area contributed by atoms with E-state index in [2.05, 4.69) is 26.1 Å². The van der Waals surface area contributed by atoms with Crippen molar-refractivity contribution >= 4 is 51.0 Å². The Hall–Kier alpha value is -1.91. The van der Waals surface area contributed by atoms with Crippen LogP contribution in [0.4, 0.5) is 5.13 Å². The van der Waals surface area contributed by atoms with Crippen molar-refractivity contribution in [1.82, 2.24) is 4.98 Å². The molecule has 1 aromatic heterocycles. The number of Topliss-reactive ketones (excluding diaryl/α,β-unsaturated/α-hetero) is 1. The second-order valence-corrected chi connectivity index (χ2v) is 8.23. The van der Waals surface area contributed by atoms with Gasteiger partial charge in [-0.1, -0.05) is 39.3 Å². The molecule has 0 fully saturated rings. The molecule has 0 aliphatic carbocycles. The first-order valence-electron chi connectivity index (χ1n) is 8.93. The van der Waals surface area contributed by atoms with Gasteiger partial charge in [0.15, 0.2) is 16.6 Å². The van der Waals surface area contributed by atoms with Crippen molar-refractivity contribution < 1.29 is 19.3 Å². The number of nitrogens with two attached hydrogens (primary N) is 1. The van der Waals surface area contributed by atoms with Gasteiger partial charge in [-0.25, -0.2) is 4.98 Å². The molecule has 1 aliphatic rings. The summed E-state index contributed by atoms with van der Waals surface area (Å²) < 4.78 is 5.67. The molecule has 1 aliphatic heterocycles. The first kappa shape index (κ1) is 20.8. The number of hydrogen-bond donors (Lipinski definition) is 2. The molecule has 7 nitrogen and oxygen atoms in total. The van der Waals surface area contributed by atoms with Crippen molar-refractivity contribution in [3.05, 3.63) is 40.4 Å². The summed E-state index contributed by atoms with van der Waals surface area (Å²) in [5, 5.41) is 17.2. The minimum atomic E-state index is -1.06. The highest BCUT2D eigenvalue weighted by molar-refractivity contribution is 9.09. The Morgan fingerprint density at radius 1 is 1.57 bits per heavy atom. The van der Waals surface area contributed by atoms with Crippen molar-refractivity contribution in [1.29, 1.82) is 0 Å². The molecule has 0 spiro atoms. The molecule has 10 heteroatoms. The number of para-hydroxylation sites is 1. The zero-order valence-corrected chi connectivity index (χ0v) is 17.8. The van der Waals surface area contributed by atoms with Crippen molar-refractivity contribution in [2.45, 2.75) is 32.0 Å².